The van der Waals surface area contributed by atoms with Crippen LogP contribution in [0.3, 0.4) is 0 Å². The molecule has 0 bridgehead atoms. The Kier molecular flexibility index (Phi) is 5.32. The van der Waals surface area contributed by atoms with E-state index in [2.05, 4.69) is 10.4 Å². The second-order valence-electron chi connectivity index (χ2n) is 7.05. The van der Waals surface area contributed by atoms with Gasteiger partial charge in [0.25, 0.3) is 11.8 Å². The lowest BCUT2D eigenvalue weighted by Crippen LogP contribution is -2.16. The predicted molar refractivity (Wildman–Crippen MR) is 117 cm³/mol. The zero-order valence-corrected chi connectivity index (χ0v) is 16.7. The molecule has 0 saturated heterocycles. The highest BCUT2D eigenvalue weighted by Crippen LogP contribution is 2.26. The van der Waals surface area contributed by atoms with Gasteiger partial charge in [0.05, 0.1) is 16.8 Å². The van der Waals surface area contributed by atoms with Crippen LogP contribution in [0.2, 0.25) is 0 Å². The van der Waals surface area contributed by atoms with Crippen molar-refractivity contribution in [3.8, 4) is 16.9 Å². The molecule has 0 aliphatic rings. The minimum atomic E-state index is -0.911. The average molecular weight is 414 g/mol. The molecule has 0 aliphatic carbocycles. The number of carbonyl (C=O) groups excluding carboxylic acids is 2. The molecule has 0 aliphatic heterocycles. The molecular weight excluding hydrogens is 395 g/mol. The Balaban J connectivity index is 1.76. The molecule has 2 amide bonds. The Morgan fingerprint density at radius 2 is 1.74 bits per heavy atom. The molecule has 154 valence electrons. The van der Waals surface area contributed by atoms with Gasteiger partial charge in [0.1, 0.15) is 11.5 Å². The number of rotatable bonds is 5. The van der Waals surface area contributed by atoms with Crippen molar-refractivity contribution in [3.05, 3.63) is 102 Å². The Morgan fingerprint density at radius 3 is 2.45 bits per heavy atom. The average Bonchev–Trinajstić information content (AvgIpc) is 3.21. The molecule has 3 N–H and O–H groups in total. The van der Waals surface area contributed by atoms with Gasteiger partial charge in [-0.3, -0.25) is 9.59 Å². The molecule has 4 rings (SSSR count). The van der Waals surface area contributed by atoms with Gasteiger partial charge in [0.2, 0.25) is 0 Å². The van der Waals surface area contributed by atoms with Crippen LogP contribution in [0.1, 0.15) is 26.3 Å². The highest BCUT2D eigenvalue weighted by atomic mass is 19.1. The van der Waals surface area contributed by atoms with Gasteiger partial charge in [0, 0.05) is 17.4 Å². The summed E-state index contributed by atoms with van der Waals surface area (Å²) in [5, 5.41) is 7.34. The van der Waals surface area contributed by atoms with Crippen molar-refractivity contribution in [3.63, 3.8) is 0 Å². The smallest absolute Gasteiger partial charge is 0.259 e. The molecule has 1 heterocycles. The summed E-state index contributed by atoms with van der Waals surface area (Å²) >= 11 is 0. The SMILES string of the molecule is Cc1cccc(-c2nn(-c3ccccc3)cc2C(=O)Nc2ccc(F)c(C(N)=O)c2)c1. The number of para-hydroxylation sites is 1. The van der Waals surface area contributed by atoms with Crippen molar-refractivity contribution in [1.29, 1.82) is 0 Å². The Morgan fingerprint density at radius 1 is 0.968 bits per heavy atom. The van der Waals surface area contributed by atoms with E-state index >= 15 is 0 Å². The number of anilines is 1. The summed E-state index contributed by atoms with van der Waals surface area (Å²) in [5.74, 6) is -2.10. The fourth-order valence-electron chi connectivity index (χ4n) is 3.25. The molecule has 0 saturated carbocycles. The summed E-state index contributed by atoms with van der Waals surface area (Å²) in [5.41, 5.74) is 8.61. The zero-order chi connectivity index (χ0) is 22.0. The normalized spacial score (nSPS) is 10.6. The van der Waals surface area contributed by atoms with Gasteiger partial charge in [-0.15, -0.1) is 0 Å². The van der Waals surface area contributed by atoms with E-state index in [1.807, 2.05) is 61.5 Å². The van der Waals surface area contributed by atoms with Crippen molar-refractivity contribution in [2.24, 2.45) is 5.73 Å². The van der Waals surface area contributed by atoms with Gasteiger partial charge >= 0.3 is 0 Å². The molecule has 31 heavy (non-hydrogen) atoms. The first-order chi connectivity index (χ1) is 14.9. The van der Waals surface area contributed by atoms with Gasteiger partial charge in [-0.05, 0) is 43.3 Å². The number of nitrogens with two attached hydrogens (primary N) is 1. The fourth-order valence-corrected chi connectivity index (χ4v) is 3.25. The van der Waals surface area contributed by atoms with E-state index in [0.717, 1.165) is 22.9 Å². The van der Waals surface area contributed by atoms with E-state index in [9.17, 15) is 14.0 Å². The number of carbonyl (C=O) groups is 2. The Bertz CT molecular complexity index is 1280. The van der Waals surface area contributed by atoms with Crippen molar-refractivity contribution < 1.29 is 14.0 Å². The molecule has 3 aromatic carbocycles. The van der Waals surface area contributed by atoms with Gasteiger partial charge in [-0.2, -0.15) is 5.10 Å². The number of hydrogen-bond donors (Lipinski definition) is 2. The summed E-state index contributed by atoms with van der Waals surface area (Å²) in [6.45, 7) is 1.96. The quantitative estimate of drug-likeness (QED) is 0.509. The summed E-state index contributed by atoms with van der Waals surface area (Å²) in [4.78, 5) is 24.5. The van der Waals surface area contributed by atoms with E-state index < -0.39 is 17.6 Å². The number of halogens is 1. The number of primary amides is 1. The van der Waals surface area contributed by atoms with E-state index in [0.29, 0.717) is 11.3 Å². The molecule has 4 aromatic rings. The van der Waals surface area contributed by atoms with Gasteiger partial charge < -0.3 is 11.1 Å². The summed E-state index contributed by atoms with van der Waals surface area (Å²) in [7, 11) is 0. The third-order valence-corrected chi connectivity index (χ3v) is 4.76. The first-order valence-electron chi connectivity index (χ1n) is 9.55. The van der Waals surface area contributed by atoms with Crippen LogP contribution in [0, 0.1) is 12.7 Å². The largest absolute Gasteiger partial charge is 0.366 e. The topological polar surface area (TPSA) is 90.0 Å². The minimum absolute atomic E-state index is 0.253. The van der Waals surface area contributed by atoms with Gasteiger partial charge in [0.15, 0.2) is 0 Å². The summed E-state index contributed by atoms with van der Waals surface area (Å²) in [6.07, 6.45) is 1.64. The first kappa shape index (κ1) is 20.0. The minimum Gasteiger partial charge on any atom is -0.366 e. The number of hydrogen-bond acceptors (Lipinski definition) is 3. The van der Waals surface area contributed by atoms with E-state index in [4.69, 9.17) is 5.73 Å². The standard InChI is InChI=1S/C24H19FN4O2/c1-15-6-5-7-16(12-15)22-20(14-29(28-22)18-8-3-2-4-9-18)24(31)27-17-10-11-21(25)19(13-17)23(26)30/h2-14H,1H3,(H2,26,30)(H,27,31). The number of aryl methyl sites for hydroxylation is 1. The number of aromatic nitrogens is 2. The number of benzene rings is 3. The van der Waals surface area contributed by atoms with Gasteiger partial charge in [-0.1, -0.05) is 42.0 Å². The van der Waals surface area contributed by atoms with Crippen molar-refractivity contribution in [2.45, 2.75) is 6.92 Å². The molecular formula is C24H19FN4O2. The van der Waals surface area contributed by atoms with Crippen LogP contribution in [0.4, 0.5) is 10.1 Å². The van der Waals surface area contributed by atoms with E-state index in [1.165, 1.54) is 12.1 Å². The van der Waals surface area contributed by atoms with Crippen LogP contribution in [0.25, 0.3) is 16.9 Å². The lowest BCUT2D eigenvalue weighted by Gasteiger charge is -2.07. The molecule has 0 spiro atoms. The third-order valence-electron chi connectivity index (χ3n) is 4.76. The van der Waals surface area contributed by atoms with Gasteiger partial charge in [-0.25, -0.2) is 9.07 Å². The van der Waals surface area contributed by atoms with E-state index in [1.54, 1.807) is 10.9 Å². The zero-order valence-electron chi connectivity index (χ0n) is 16.7. The number of nitrogens with zero attached hydrogens (tertiary/aromatic N) is 2. The summed E-state index contributed by atoms with van der Waals surface area (Å²) < 4.78 is 15.4. The Labute approximate surface area is 178 Å². The van der Waals surface area contributed by atoms with E-state index in [-0.39, 0.29) is 11.3 Å². The molecule has 0 unspecified atom stereocenters. The van der Waals surface area contributed by atoms with Crippen LogP contribution < -0.4 is 11.1 Å². The number of amides is 2. The maximum absolute atomic E-state index is 13.8. The van der Waals surface area contributed by atoms with Crippen molar-refractivity contribution >= 4 is 17.5 Å². The molecule has 6 nitrogen and oxygen atoms in total. The fraction of sp³-hybridized carbons (Fsp3) is 0.0417. The number of nitrogens with one attached hydrogen (secondary N) is 1. The second kappa shape index (κ2) is 8.23. The summed E-state index contributed by atoms with van der Waals surface area (Å²) in [6, 6.07) is 20.8. The predicted octanol–water partition coefficient (Wildman–Crippen LogP) is 4.34. The van der Waals surface area contributed by atoms with Crippen molar-refractivity contribution in [1.82, 2.24) is 9.78 Å². The van der Waals surface area contributed by atoms with Crippen LogP contribution in [-0.2, 0) is 0 Å². The lowest BCUT2D eigenvalue weighted by molar-refractivity contribution is 0.0992. The molecule has 7 heteroatoms. The molecule has 1 aromatic heterocycles. The Hall–Kier alpha value is -4.26. The maximum Gasteiger partial charge on any atom is 0.259 e. The third kappa shape index (κ3) is 4.20. The molecule has 0 radical (unpaired) electrons. The lowest BCUT2D eigenvalue weighted by atomic mass is 10.1. The molecule has 0 atom stereocenters. The molecule has 0 fully saturated rings. The highest BCUT2D eigenvalue weighted by Gasteiger charge is 2.20. The van der Waals surface area contributed by atoms with Crippen LogP contribution >= 0.6 is 0 Å². The van der Waals surface area contributed by atoms with Crippen LogP contribution in [-0.4, -0.2) is 21.6 Å². The van der Waals surface area contributed by atoms with Crippen LogP contribution in [0.15, 0.2) is 79.0 Å². The monoisotopic (exact) mass is 414 g/mol. The first-order valence-corrected chi connectivity index (χ1v) is 9.55. The second-order valence-corrected chi connectivity index (χ2v) is 7.05. The van der Waals surface area contributed by atoms with Crippen molar-refractivity contribution in [2.75, 3.05) is 5.32 Å². The van der Waals surface area contributed by atoms with Crippen LogP contribution in [0.5, 0.6) is 0 Å². The highest BCUT2D eigenvalue weighted by molar-refractivity contribution is 6.08. The maximum atomic E-state index is 13.8.